The third-order valence-electron chi connectivity index (χ3n) is 5.62. The summed E-state index contributed by atoms with van der Waals surface area (Å²) < 4.78 is 0. The summed E-state index contributed by atoms with van der Waals surface area (Å²) in [7, 11) is 1.92. The average Bonchev–Trinajstić information content (AvgIpc) is 2.71. The summed E-state index contributed by atoms with van der Waals surface area (Å²) in [5.74, 6) is -0.428. The fraction of sp³-hybridized carbons (Fsp3) is 0.652. The van der Waals surface area contributed by atoms with Gasteiger partial charge in [0.2, 0.25) is 11.8 Å². The SMILES string of the molecule is CNc1c(CCCCCCCCCCCN)cccc1NC1CCC(=O)NC1=O. The molecule has 1 unspecified atom stereocenters. The van der Waals surface area contributed by atoms with Crippen molar-refractivity contribution in [3.63, 3.8) is 0 Å². The lowest BCUT2D eigenvalue weighted by Crippen LogP contribution is -2.47. The molecule has 29 heavy (non-hydrogen) atoms. The molecule has 0 bridgehead atoms. The number of nitrogens with one attached hydrogen (secondary N) is 3. The van der Waals surface area contributed by atoms with E-state index in [0.29, 0.717) is 12.8 Å². The summed E-state index contributed by atoms with van der Waals surface area (Å²) in [5.41, 5.74) is 8.77. The maximum absolute atomic E-state index is 12.0. The van der Waals surface area contributed by atoms with E-state index in [1.54, 1.807) is 0 Å². The molecule has 162 valence electrons. The Morgan fingerprint density at radius 2 is 1.66 bits per heavy atom. The lowest BCUT2D eigenvalue weighted by Gasteiger charge is -2.25. The first kappa shape index (κ1) is 23.2. The van der Waals surface area contributed by atoms with E-state index >= 15 is 0 Å². The molecule has 1 aromatic rings. The van der Waals surface area contributed by atoms with Crippen LogP contribution in [-0.4, -0.2) is 31.4 Å². The number of unbranched alkanes of at least 4 members (excludes halogenated alkanes) is 8. The number of carbonyl (C=O) groups excluding carboxylic acids is 2. The quantitative estimate of drug-likeness (QED) is 0.279. The fourth-order valence-corrected chi connectivity index (χ4v) is 3.94. The number of hydrogen-bond donors (Lipinski definition) is 4. The molecule has 0 spiro atoms. The van der Waals surface area contributed by atoms with Crippen molar-refractivity contribution in [2.45, 2.75) is 83.1 Å². The number of aryl methyl sites for hydroxylation is 1. The van der Waals surface area contributed by atoms with Crippen LogP contribution in [0.5, 0.6) is 0 Å². The number of anilines is 2. The van der Waals surface area contributed by atoms with Crippen molar-refractivity contribution < 1.29 is 9.59 Å². The van der Waals surface area contributed by atoms with Gasteiger partial charge in [0.05, 0.1) is 11.4 Å². The molecule has 2 rings (SSSR count). The highest BCUT2D eigenvalue weighted by Crippen LogP contribution is 2.29. The minimum atomic E-state index is -0.361. The molecule has 1 aliphatic rings. The number of imide groups is 1. The van der Waals surface area contributed by atoms with Crippen molar-refractivity contribution in [2.75, 3.05) is 24.2 Å². The van der Waals surface area contributed by atoms with E-state index in [0.717, 1.165) is 30.8 Å². The van der Waals surface area contributed by atoms with Gasteiger partial charge in [-0.3, -0.25) is 14.9 Å². The number of rotatable bonds is 14. The molecule has 0 saturated carbocycles. The largest absolute Gasteiger partial charge is 0.386 e. The van der Waals surface area contributed by atoms with Crippen LogP contribution in [0.3, 0.4) is 0 Å². The van der Waals surface area contributed by atoms with Gasteiger partial charge < -0.3 is 16.4 Å². The third-order valence-corrected chi connectivity index (χ3v) is 5.62. The summed E-state index contributed by atoms with van der Waals surface area (Å²) in [6, 6.07) is 5.81. The predicted molar refractivity (Wildman–Crippen MR) is 120 cm³/mol. The number of para-hydroxylation sites is 1. The van der Waals surface area contributed by atoms with Crippen LogP contribution in [0.1, 0.15) is 76.2 Å². The molecule has 1 fully saturated rings. The Bertz CT molecular complexity index is 648. The Balaban J connectivity index is 1.74. The number of piperidine rings is 1. The molecule has 1 aliphatic heterocycles. The van der Waals surface area contributed by atoms with Crippen molar-refractivity contribution in [1.82, 2.24) is 5.32 Å². The van der Waals surface area contributed by atoms with E-state index in [-0.39, 0.29) is 17.9 Å². The minimum Gasteiger partial charge on any atom is -0.386 e. The Morgan fingerprint density at radius 3 is 2.28 bits per heavy atom. The van der Waals surface area contributed by atoms with Crippen molar-refractivity contribution in [2.24, 2.45) is 5.73 Å². The van der Waals surface area contributed by atoms with Gasteiger partial charge in [-0.2, -0.15) is 0 Å². The molecule has 1 atom stereocenters. The maximum atomic E-state index is 12.0. The predicted octanol–water partition coefficient (Wildman–Crippen LogP) is 3.96. The average molecular weight is 403 g/mol. The minimum absolute atomic E-state index is 0.189. The lowest BCUT2D eigenvalue weighted by molar-refractivity contribution is -0.133. The normalized spacial score (nSPS) is 16.6. The fourth-order valence-electron chi connectivity index (χ4n) is 3.94. The van der Waals surface area contributed by atoms with E-state index in [2.05, 4.69) is 22.0 Å². The summed E-state index contributed by atoms with van der Waals surface area (Å²) >= 11 is 0. The van der Waals surface area contributed by atoms with Crippen LogP contribution < -0.4 is 21.7 Å². The first-order valence-electron chi connectivity index (χ1n) is 11.3. The number of benzene rings is 1. The zero-order chi connectivity index (χ0) is 20.9. The number of amides is 2. The molecule has 2 amide bonds. The first-order chi connectivity index (χ1) is 14.2. The summed E-state index contributed by atoms with van der Waals surface area (Å²) in [5, 5.41) is 9.02. The highest BCUT2D eigenvalue weighted by Gasteiger charge is 2.27. The van der Waals surface area contributed by atoms with Gasteiger partial charge in [-0.1, -0.05) is 57.1 Å². The van der Waals surface area contributed by atoms with Gasteiger partial charge in [-0.25, -0.2) is 0 Å². The van der Waals surface area contributed by atoms with Crippen LogP contribution in [0.2, 0.25) is 0 Å². The van der Waals surface area contributed by atoms with E-state index in [1.807, 2.05) is 19.2 Å². The van der Waals surface area contributed by atoms with Gasteiger partial charge in [-0.15, -0.1) is 0 Å². The number of hydrogen-bond acceptors (Lipinski definition) is 5. The van der Waals surface area contributed by atoms with Gasteiger partial charge in [-0.05, 0) is 43.9 Å². The summed E-state index contributed by atoms with van der Waals surface area (Å²) in [6.07, 6.45) is 13.4. The van der Waals surface area contributed by atoms with Crippen molar-refractivity contribution in [3.8, 4) is 0 Å². The number of carbonyl (C=O) groups is 2. The van der Waals surface area contributed by atoms with Crippen LogP contribution in [0.15, 0.2) is 18.2 Å². The van der Waals surface area contributed by atoms with Crippen molar-refractivity contribution >= 4 is 23.2 Å². The lowest BCUT2D eigenvalue weighted by atomic mass is 10.0. The number of nitrogens with two attached hydrogens (primary N) is 1. The zero-order valence-electron chi connectivity index (χ0n) is 17.9. The second-order valence-corrected chi connectivity index (χ2v) is 7.96. The Morgan fingerprint density at radius 1 is 1.00 bits per heavy atom. The van der Waals surface area contributed by atoms with Crippen LogP contribution in [0.25, 0.3) is 0 Å². The Hall–Kier alpha value is -2.08. The molecule has 0 aromatic heterocycles. The van der Waals surface area contributed by atoms with Crippen LogP contribution >= 0.6 is 0 Å². The highest BCUT2D eigenvalue weighted by atomic mass is 16.2. The van der Waals surface area contributed by atoms with Gasteiger partial charge >= 0.3 is 0 Å². The second kappa shape index (κ2) is 13.2. The molecule has 1 saturated heterocycles. The van der Waals surface area contributed by atoms with Crippen LogP contribution in [0.4, 0.5) is 11.4 Å². The molecule has 6 nitrogen and oxygen atoms in total. The highest BCUT2D eigenvalue weighted by molar-refractivity contribution is 6.01. The first-order valence-corrected chi connectivity index (χ1v) is 11.3. The Labute approximate surface area is 175 Å². The van der Waals surface area contributed by atoms with Gasteiger partial charge in [0.25, 0.3) is 0 Å². The molecular weight excluding hydrogens is 364 g/mol. The van der Waals surface area contributed by atoms with E-state index in [9.17, 15) is 9.59 Å². The third kappa shape index (κ3) is 8.05. The molecule has 6 heteroatoms. The molecule has 0 radical (unpaired) electrons. The zero-order valence-corrected chi connectivity index (χ0v) is 17.9. The summed E-state index contributed by atoms with van der Waals surface area (Å²) in [4.78, 5) is 23.4. The van der Waals surface area contributed by atoms with Gasteiger partial charge in [0, 0.05) is 13.5 Å². The van der Waals surface area contributed by atoms with Crippen LogP contribution in [-0.2, 0) is 16.0 Å². The maximum Gasteiger partial charge on any atom is 0.249 e. The van der Waals surface area contributed by atoms with Crippen molar-refractivity contribution in [1.29, 1.82) is 0 Å². The van der Waals surface area contributed by atoms with Gasteiger partial charge in [0.1, 0.15) is 6.04 Å². The summed E-state index contributed by atoms with van der Waals surface area (Å²) in [6.45, 7) is 0.818. The second-order valence-electron chi connectivity index (χ2n) is 7.96. The van der Waals surface area contributed by atoms with E-state index < -0.39 is 0 Å². The van der Waals surface area contributed by atoms with Crippen LogP contribution in [0, 0.1) is 0 Å². The van der Waals surface area contributed by atoms with E-state index in [4.69, 9.17) is 5.73 Å². The van der Waals surface area contributed by atoms with Gasteiger partial charge in [0.15, 0.2) is 0 Å². The molecule has 1 aromatic carbocycles. The van der Waals surface area contributed by atoms with Crippen molar-refractivity contribution in [3.05, 3.63) is 23.8 Å². The molecule has 5 N–H and O–H groups in total. The standard InChI is InChI=1S/C23H38N4O2/c1-25-22-18(12-9-7-5-3-2-4-6-8-10-17-24)13-11-14-19(22)26-20-15-16-21(28)27-23(20)29/h11,13-14,20,25-26H,2-10,12,15-17,24H2,1H3,(H,27,28,29). The van der Waals surface area contributed by atoms with E-state index in [1.165, 1.54) is 56.9 Å². The Kier molecular flexibility index (Phi) is 10.6. The smallest absolute Gasteiger partial charge is 0.249 e. The molecule has 1 heterocycles. The molecule has 0 aliphatic carbocycles. The monoisotopic (exact) mass is 402 g/mol. The molecular formula is C23H38N4O2. The topological polar surface area (TPSA) is 96.2 Å².